The molecule has 0 aliphatic carbocycles. The molecule has 0 saturated heterocycles. The number of terminal acetylenes is 1. The summed E-state index contributed by atoms with van der Waals surface area (Å²) < 4.78 is 23.8. The predicted octanol–water partition coefficient (Wildman–Crippen LogP) is 2.84. The molecule has 1 aliphatic heterocycles. The summed E-state index contributed by atoms with van der Waals surface area (Å²) in [5.41, 5.74) is 2.67. The van der Waals surface area contributed by atoms with Crippen molar-refractivity contribution in [1.82, 2.24) is 4.90 Å². The molecule has 1 aliphatic rings. The van der Waals surface area contributed by atoms with Gasteiger partial charge < -0.3 is 19.4 Å². The van der Waals surface area contributed by atoms with E-state index in [1.165, 1.54) is 12.1 Å². The van der Waals surface area contributed by atoms with E-state index >= 15 is 0 Å². The smallest absolute Gasteiger partial charge is 0.145 e. The van der Waals surface area contributed by atoms with Gasteiger partial charge in [-0.2, -0.15) is 0 Å². The summed E-state index contributed by atoms with van der Waals surface area (Å²) in [4.78, 5) is 7.72. The Morgan fingerprint density at radius 1 is 1.32 bits per heavy atom. The lowest BCUT2D eigenvalue weighted by Gasteiger charge is -2.27. The maximum absolute atomic E-state index is 13.2. The minimum absolute atomic E-state index is 0.154. The summed E-state index contributed by atoms with van der Waals surface area (Å²) in [6, 6.07) is 14.0. The fourth-order valence-corrected chi connectivity index (χ4v) is 3.46. The maximum atomic E-state index is 13.2. The van der Waals surface area contributed by atoms with Crippen LogP contribution >= 0.6 is 0 Å². The minimum atomic E-state index is -0.696. The molecule has 0 radical (unpaired) electrons. The van der Waals surface area contributed by atoms with Gasteiger partial charge in [-0.1, -0.05) is 35.3 Å². The molecule has 0 fully saturated rings. The van der Waals surface area contributed by atoms with Crippen molar-refractivity contribution in [3.05, 3.63) is 65.5 Å². The molecule has 0 amide bonds. The Morgan fingerprint density at radius 3 is 2.87 bits per heavy atom. The first-order chi connectivity index (χ1) is 15.1. The van der Waals surface area contributed by atoms with Crippen LogP contribution in [0.15, 0.2) is 53.7 Å². The molecule has 2 aromatic carbocycles. The third-order valence-electron chi connectivity index (χ3n) is 4.88. The minimum Gasteiger partial charge on any atom is -0.497 e. The summed E-state index contributed by atoms with van der Waals surface area (Å²) in [6.07, 6.45) is 4.92. The van der Waals surface area contributed by atoms with Crippen molar-refractivity contribution < 1.29 is 23.8 Å². The van der Waals surface area contributed by atoms with Gasteiger partial charge in [0, 0.05) is 26.1 Å². The van der Waals surface area contributed by atoms with Gasteiger partial charge in [-0.3, -0.25) is 4.90 Å². The van der Waals surface area contributed by atoms with Crippen LogP contribution in [0.3, 0.4) is 0 Å². The zero-order valence-electron chi connectivity index (χ0n) is 17.5. The van der Waals surface area contributed by atoms with Crippen LogP contribution in [0.1, 0.15) is 17.5 Å². The number of nitrogens with zero attached hydrogens (tertiary/aromatic N) is 2. The number of hydrogen-bond acceptors (Lipinski definition) is 6. The zero-order valence-corrected chi connectivity index (χ0v) is 17.5. The van der Waals surface area contributed by atoms with E-state index in [0.29, 0.717) is 26.1 Å². The first-order valence-corrected chi connectivity index (χ1v) is 10.1. The van der Waals surface area contributed by atoms with Crippen molar-refractivity contribution in [2.75, 3.05) is 33.4 Å². The summed E-state index contributed by atoms with van der Waals surface area (Å²) in [7, 11) is 1.63. The molecule has 0 spiro atoms. The number of halogens is 1. The Bertz CT molecular complexity index is 911. The Labute approximate surface area is 182 Å². The second-order valence-electron chi connectivity index (χ2n) is 7.40. The van der Waals surface area contributed by atoms with E-state index < -0.39 is 6.10 Å². The summed E-state index contributed by atoms with van der Waals surface area (Å²) in [6.45, 7) is 1.84. The Kier molecular flexibility index (Phi) is 8.42. The highest BCUT2D eigenvalue weighted by atomic mass is 19.1. The van der Waals surface area contributed by atoms with E-state index in [0.717, 1.165) is 22.6 Å². The Morgan fingerprint density at radius 2 is 2.13 bits per heavy atom. The van der Waals surface area contributed by atoms with E-state index in [4.69, 9.17) is 20.7 Å². The van der Waals surface area contributed by atoms with Gasteiger partial charge in [0.05, 0.1) is 25.5 Å². The molecule has 0 bridgehead atoms. The van der Waals surface area contributed by atoms with Crippen LogP contribution in [0.2, 0.25) is 0 Å². The van der Waals surface area contributed by atoms with E-state index in [2.05, 4.69) is 16.0 Å². The molecular weight excluding hydrogens is 399 g/mol. The highest BCUT2D eigenvalue weighted by Gasteiger charge is 2.26. The number of ether oxygens (including phenoxy) is 2. The van der Waals surface area contributed by atoms with Crippen LogP contribution in [0.4, 0.5) is 4.39 Å². The fourth-order valence-electron chi connectivity index (χ4n) is 3.46. The number of rotatable bonds is 11. The van der Waals surface area contributed by atoms with Gasteiger partial charge in [0.25, 0.3) is 0 Å². The van der Waals surface area contributed by atoms with Gasteiger partial charge in [-0.25, -0.2) is 4.39 Å². The molecular formula is C24H27FN2O4. The molecule has 6 nitrogen and oxygen atoms in total. The van der Waals surface area contributed by atoms with Crippen molar-refractivity contribution in [2.24, 2.45) is 5.16 Å². The quantitative estimate of drug-likeness (QED) is 0.442. The summed E-state index contributed by atoms with van der Waals surface area (Å²) >= 11 is 0. The third-order valence-corrected chi connectivity index (χ3v) is 4.88. The van der Waals surface area contributed by atoms with Crippen LogP contribution in [0, 0.1) is 18.2 Å². The van der Waals surface area contributed by atoms with Crippen LogP contribution in [0.25, 0.3) is 0 Å². The molecule has 1 N–H and O–H groups in total. The van der Waals surface area contributed by atoms with Crippen molar-refractivity contribution >= 4 is 5.71 Å². The standard InChI is InChI=1S/C24H27FN2O4/c1-3-11-30-17-21(28)15-27(14-18-5-4-6-22(12-18)29-2)16-23-13-24(26-31-23)19-7-9-20(25)10-8-19/h1,4-10,12,21,23,28H,11,13-17H2,2H3/t21-,23-/m0/s1. The molecule has 0 unspecified atom stereocenters. The van der Waals surface area contributed by atoms with Gasteiger partial charge in [-0.15, -0.1) is 6.42 Å². The number of aliphatic hydroxyl groups excluding tert-OH is 1. The van der Waals surface area contributed by atoms with Gasteiger partial charge in [-0.05, 0) is 35.4 Å². The van der Waals surface area contributed by atoms with E-state index in [-0.39, 0.29) is 25.1 Å². The number of benzene rings is 2. The van der Waals surface area contributed by atoms with Crippen LogP contribution in [0.5, 0.6) is 5.75 Å². The molecule has 0 saturated carbocycles. The SMILES string of the molecule is C#CCOC[C@@H](O)CN(Cc1cccc(OC)c1)C[C@@H]1CC(c2ccc(F)cc2)=NO1. The second-order valence-corrected chi connectivity index (χ2v) is 7.40. The van der Waals surface area contributed by atoms with Gasteiger partial charge in [0.15, 0.2) is 0 Å². The Balaban J connectivity index is 1.63. The molecule has 164 valence electrons. The van der Waals surface area contributed by atoms with Crippen LogP contribution in [-0.2, 0) is 16.1 Å². The highest BCUT2D eigenvalue weighted by Crippen LogP contribution is 2.20. The summed E-state index contributed by atoms with van der Waals surface area (Å²) in [5, 5.41) is 14.6. The maximum Gasteiger partial charge on any atom is 0.145 e. The zero-order chi connectivity index (χ0) is 22.1. The molecule has 0 aromatic heterocycles. The van der Waals surface area contributed by atoms with Crippen LogP contribution < -0.4 is 4.74 Å². The van der Waals surface area contributed by atoms with Gasteiger partial charge in [0.1, 0.15) is 24.3 Å². The first kappa shape index (κ1) is 22.8. The van der Waals surface area contributed by atoms with Crippen molar-refractivity contribution in [3.63, 3.8) is 0 Å². The first-order valence-electron chi connectivity index (χ1n) is 10.1. The largest absolute Gasteiger partial charge is 0.497 e. The van der Waals surface area contributed by atoms with Crippen molar-refractivity contribution in [1.29, 1.82) is 0 Å². The lowest BCUT2D eigenvalue weighted by Crippen LogP contribution is -2.39. The second kappa shape index (κ2) is 11.5. The molecule has 7 heteroatoms. The molecule has 2 aromatic rings. The lowest BCUT2D eigenvalue weighted by atomic mass is 10.0. The predicted molar refractivity (Wildman–Crippen MR) is 116 cm³/mol. The third kappa shape index (κ3) is 7.07. The summed E-state index contributed by atoms with van der Waals surface area (Å²) in [5.74, 6) is 2.88. The van der Waals surface area contributed by atoms with Crippen LogP contribution in [-0.4, -0.2) is 61.3 Å². The monoisotopic (exact) mass is 426 g/mol. The number of methoxy groups -OCH3 is 1. The van der Waals surface area contributed by atoms with Crippen molar-refractivity contribution in [3.8, 4) is 18.1 Å². The number of aliphatic hydroxyl groups is 1. The number of hydrogen-bond donors (Lipinski definition) is 1. The average molecular weight is 426 g/mol. The molecule has 2 atom stereocenters. The fraction of sp³-hybridized carbons (Fsp3) is 0.375. The Hall–Kier alpha value is -2.92. The molecule has 3 rings (SSSR count). The van der Waals surface area contributed by atoms with E-state index in [1.54, 1.807) is 19.2 Å². The lowest BCUT2D eigenvalue weighted by molar-refractivity contribution is 0.00417. The average Bonchev–Trinajstić information content (AvgIpc) is 3.23. The molecule has 1 heterocycles. The topological polar surface area (TPSA) is 63.5 Å². The van der Waals surface area contributed by atoms with Crippen molar-refractivity contribution in [2.45, 2.75) is 25.2 Å². The van der Waals surface area contributed by atoms with E-state index in [1.807, 2.05) is 24.3 Å². The van der Waals surface area contributed by atoms with E-state index in [9.17, 15) is 9.50 Å². The van der Waals surface area contributed by atoms with Gasteiger partial charge in [0.2, 0.25) is 0 Å². The normalized spacial score (nSPS) is 16.5. The number of oxime groups is 1. The van der Waals surface area contributed by atoms with Gasteiger partial charge >= 0.3 is 0 Å². The molecule has 31 heavy (non-hydrogen) atoms. The highest BCUT2D eigenvalue weighted by molar-refractivity contribution is 6.01.